The zero-order chi connectivity index (χ0) is 14.7. The van der Waals surface area contributed by atoms with Crippen LogP contribution in [0.15, 0.2) is 36.4 Å². The van der Waals surface area contributed by atoms with Crippen molar-refractivity contribution >= 4 is 0 Å². The standard InChI is InChI=1S/C18H23NO/c1-12-5-7-14(3)16(9-12)11-20-18-8-6-13(2)10-17(18)15(4)19/h5-10,15H,11,19H2,1-4H3/t15-/m1/s1. The van der Waals surface area contributed by atoms with Crippen molar-refractivity contribution in [1.29, 1.82) is 0 Å². The average Bonchev–Trinajstić information content (AvgIpc) is 2.40. The van der Waals surface area contributed by atoms with Crippen LogP contribution in [-0.4, -0.2) is 0 Å². The molecule has 106 valence electrons. The Morgan fingerprint density at radius 3 is 2.35 bits per heavy atom. The van der Waals surface area contributed by atoms with Gasteiger partial charge in [-0.05, 0) is 44.9 Å². The monoisotopic (exact) mass is 269 g/mol. The van der Waals surface area contributed by atoms with Crippen molar-refractivity contribution in [2.24, 2.45) is 5.73 Å². The van der Waals surface area contributed by atoms with E-state index in [-0.39, 0.29) is 6.04 Å². The number of benzene rings is 2. The lowest BCUT2D eigenvalue weighted by molar-refractivity contribution is 0.300. The summed E-state index contributed by atoms with van der Waals surface area (Å²) in [6, 6.07) is 12.6. The Morgan fingerprint density at radius 1 is 1.00 bits per heavy atom. The van der Waals surface area contributed by atoms with E-state index in [2.05, 4.69) is 51.1 Å². The van der Waals surface area contributed by atoms with E-state index in [0.29, 0.717) is 6.61 Å². The van der Waals surface area contributed by atoms with Gasteiger partial charge in [0.25, 0.3) is 0 Å². The zero-order valence-electron chi connectivity index (χ0n) is 12.7. The molecule has 0 spiro atoms. The van der Waals surface area contributed by atoms with E-state index in [4.69, 9.17) is 10.5 Å². The highest BCUT2D eigenvalue weighted by molar-refractivity contribution is 5.39. The van der Waals surface area contributed by atoms with Crippen molar-refractivity contribution in [2.75, 3.05) is 0 Å². The molecule has 2 aromatic rings. The van der Waals surface area contributed by atoms with Gasteiger partial charge in [0.05, 0.1) is 0 Å². The van der Waals surface area contributed by atoms with Crippen LogP contribution in [0.25, 0.3) is 0 Å². The molecule has 0 unspecified atom stereocenters. The van der Waals surface area contributed by atoms with Crippen molar-refractivity contribution < 1.29 is 4.74 Å². The van der Waals surface area contributed by atoms with Gasteiger partial charge in [-0.3, -0.25) is 0 Å². The minimum Gasteiger partial charge on any atom is -0.489 e. The van der Waals surface area contributed by atoms with Gasteiger partial charge in [0.1, 0.15) is 12.4 Å². The maximum absolute atomic E-state index is 6.03. The topological polar surface area (TPSA) is 35.2 Å². The molecule has 0 fully saturated rings. The molecule has 0 saturated carbocycles. The Labute approximate surface area is 121 Å². The van der Waals surface area contributed by atoms with Gasteiger partial charge in [-0.2, -0.15) is 0 Å². The fourth-order valence-electron chi connectivity index (χ4n) is 2.27. The molecule has 0 heterocycles. The number of ether oxygens (including phenoxy) is 1. The summed E-state index contributed by atoms with van der Waals surface area (Å²) >= 11 is 0. The Hall–Kier alpha value is -1.80. The van der Waals surface area contributed by atoms with Gasteiger partial charge in [0, 0.05) is 11.6 Å². The Bertz CT molecular complexity index is 602. The van der Waals surface area contributed by atoms with Gasteiger partial charge >= 0.3 is 0 Å². The second kappa shape index (κ2) is 6.10. The van der Waals surface area contributed by atoms with Crippen molar-refractivity contribution in [3.63, 3.8) is 0 Å². The molecule has 0 aliphatic rings. The number of hydrogen-bond acceptors (Lipinski definition) is 2. The van der Waals surface area contributed by atoms with Crippen LogP contribution in [0.1, 0.15) is 40.8 Å². The van der Waals surface area contributed by atoms with Gasteiger partial charge < -0.3 is 10.5 Å². The third-order valence-electron chi connectivity index (χ3n) is 3.54. The van der Waals surface area contributed by atoms with Crippen LogP contribution in [-0.2, 0) is 6.61 Å². The quantitative estimate of drug-likeness (QED) is 0.902. The second-order valence-electron chi connectivity index (χ2n) is 5.55. The molecule has 0 aromatic heterocycles. The van der Waals surface area contributed by atoms with Gasteiger partial charge in [0.2, 0.25) is 0 Å². The van der Waals surface area contributed by atoms with Gasteiger partial charge in [-0.15, -0.1) is 0 Å². The van der Waals surface area contributed by atoms with Gasteiger partial charge in [0.15, 0.2) is 0 Å². The first-order valence-electron chi connectivity index (χ1n) is 7.02. The molecule has 2 aromatic carbocycles. The molecule has 0 radical (unpaired) electrons. The maximum Gasteiger partial charge on any atom is 0.124 e. The summed E-state index contributed by atoms with van der Waals surface area (Å²) in [5.41, 5.74) is 12.0. The highest BCUT2D eigenvalue weighted by Gasteiger charge is 2.09. The lowest BCUT2D eigenvalue weighted by Crippen LogP contribution is -2.09. The molecule has 0 amide bonds. The van der Waals surface area contributed by atoms with E-state index >= 15 is 0 Å². The van der Waals surface area contributed by atoms with Crippen LogP contribution in [0.4, 0.5) is 0 Å². The molecule has 0 aliphatic heterocycles. The first kappa shape index (κ1) is 14.6. The summed E-state index contributed by atoms with van der Waals surface area (Å²) in [5, 5.41) is 0. The van der Waals surface area contributed by atoms with Gasteiger partial charge in [-0.25, -0.2) is 0 Å². The summed E-state index contributed by atoms with van der Waals surface area (Å²) in [6.07, 6.45) is 0. The molecule has 1 atom stereocenters. The Kier molecular flexibility index (Phi) is 4.46. The van der Waals surface area contributed by atoms with E-state index in [9.17, 15) is 0 Å². The first-order chi connectivity index (χ1) is 9.47. The summed E-state index contributed by atoms with van der Waals surface area (Å²) in [5.74, 6) is 0.881. The summed E-state index contributed by atoms with van der Waals surface area (Å²) in [7, 11) is 0. The van der Waals surface area contributed by atoms with Crippen molar-refractivity contribution in [2.45, 2.75) is 40.3 Å². The molecule has 2 rings (SSSR count). The van der Waals surface area contributed by atoms with E-state index in [0.717, 1.165) is 11.3 Å². The van der Waals surface area contributed by atoms with Crippen LogP contribution in [0.3, 0.4) is 0 Å². The van der Waals surface area contributed by atoms with Gasteiger partial charge in [-0.1, -0.05) is 41.5 Å². The SMILES string of the molecule is Cc1ccc(C)c(COc2ccc(C)cc2[C@@H](C)N)c1. The van der Waals surface area contributed by atoms with Crippen LogP contribution in [0.5, 0.6) is 5.75 Å². The normalized spacial score (nSPS) is 12.2. The first-order valence-corrected chi connectivity index (χ1v) is 7.02. The lowest BCUT2D eigenvalue weighted by atomic mass is 10.0. The Balaban J connectivity index is 2.20. The largest absolute Gasteiger partial charge is 0.489 e. The van der Waals surface area contributed by atoms with Crippen LogP contribution >= 0.6 is 0 Å². The minimum absolute atomic E-state index is 0.0245. The lowest BCUT2D eigenvalue weighted by Gasteiger charge is -2.16. The number of rotatable bonds is 4. The van der Waals surface area contributed by atoms with Crippen LogP contribution in [0, 0.1) is 20.8 Å². The third kappa shape index (κ3) is 3.40. The molecule has 2 heteroatoms. The predicted octanol–water partition coefficient (Wildman–Crippen LogP) is 4.21. The average molecular weight is 269 g/mol. The van der Waals surface area contributed by atoms with E-state index in [1.807, 2.05) is 13.0 Å². The minimum atomic E-state index is -0.0245. The molecule has 2 N–H and O–H groups in total. The summed E-state index contributed by atoms with van der Waals surface area (Å²) < 4.78 is 6.00. The highest BCUT2D eigenvalue weighted by atomic mass is 16.5. The van der Waals surface area contributed by atoms with E-state index in [1.165, 1.54) is 22.3 Å². The maximum atomic E-state index is 6.03. The second-order valence-corrected chi connectivity index (χ2v) is 5.55. The van der Waals surface area contributed by atoms with Crippen molar-refractivity contribution in [3.05, 3.63) is 64.2 Å². The molecular weight excluding hydrogens is 246 g/mol. The third-order valence-corrected chi connectivity index (χ3v) is 3.54. The fraction of sp³-hybridized carbons (Fsp3) is 0.333. The molecule has 20 heavy (non-hydrogen) atoms. The predicted molar refractivity (Wildman–Crippen MR) is 84.0 cm³/mol. The summed E-state index contributed by atoms with van der Waals surface area (Å²) in [6.45, 7) is 8.85. The smallest absolute Gasteiger partial charge is 0.124 e. The number of hydrogen-bond donors (Lipinski definition) is 1. The van der Waals surface area contributed by atoms with E-state index in [1.54, 1.807) is 0 Å². The van der Waals surface area contributed by atoms with Crippen molar-refractivity contribution in [1.82, 2.24) is 0 Å². The molecule has 0 saturated heterocycles. The molecule has 0 bridgehead atoms. The molecule has 0 aliphatic carbocycles. The zero-order valence-corrected chi connectivity index (χ0v) is 12.7. The number of nitrogens with two attached hydrogens (primary N) is 1. The van der Waals surface area contributed by atoms with E-state index < -0.39 is 0 Å². The molecular formula is C18H23NO. The van der Waals surface area contributed by atoms with Crippen LogP contribution < -0.4 is 10.5 Å². The van der Waals surface area contributed by atoms with Crippen molar-refractivity contribution in [3.8, 4) is 5.75 Å². The highest BCUT2D eigenvalue weighted by Crippen LogP contribution is 2.26. The fourth-order valence-corrected chi connectivity index (χ4v) is 2.27. The van der Waals surface area contributed by atoms with Crippen LogP contribution in [0.2, 0.25) is 0 Å². The number of aryl methyl sites for hydroxylation is 3. The Morgan fingerprint density at radius 2 is 1.65 bits per heavy atom. The molecule has 2 nitrogen and oxygen atoms in total. The summed E-state index contributed by atoms with van der Waals surface area (Å²) in [4.78, 5) is 0.